The number of hydrogen-bond acceptors (Lipinski definition) is 7. The van der Waals surface area contributed by atoms with Crippen LogP contribution in [0.5, 0.6) is 0 Å². The van der Waals surface area contributed by atoms with Crippen LogP contribution in [-0.2, 0) is 17.6 Å². The number of fused-ring (bicyclic) bond motifs is 1. The van der Waals surface area contributed by atoms with Crippen LogP contribution in [-0.4, -0.2) is 50.0 Å². The summed E-state index contributed by atoms with van der Waals surface area (Å²) in [6, 6.07) is 9.73. The molecule has 4 aromatic rings. The molecule has 3 heterocycles. The standard InChI is InChI=1S/C30H32F2N6O2/c1-18-11-20(14-26(34)30(18)40-10-2-7-33)23-5-8-35-16-21(23)15-28-36-17-22-3-4-27(37-38(22)28)29-24(31)12-19(6-9-39)13-25(29)32/h3-5,8,12-13,16-18,20,26,30,39H,2,6,9-11,14-15,34H2,1H3/t18-,20+,26+,30-/m0/s1. The maximum absolute atomic E-state index is 14.9. The Balaban J connectivity index is 1.42. The zero-order valence-electron chi connectivity index (χ0n) is 22.3. The number of nitrogens with zero attached hydrogens (tertiary/aromatic N) is 5. The van der Waals surface area contributed by atoms with Gasteiger partial charge in [0.1, 0.15) is 17.5 Å². The van der Waals surface area contributed by atoms with Crippen molar-refractivity contribution in [2.45, 2.75) is 57.1 Å². The van der Waals surface area contributed by atoms with Crippen molar-refractivity contribution in [1.82, 2.24) is 19.6 Å². The van der Waals surface area contributed by atoms with Gasteiger partial charge in [-0.25, -0.2) is 18.3 Å². The molecular formula is C30H32F2N6O2. The Labute approximate surface area is 231 Å². The van der Waals surface area contributed by atoms with Gasteiger partial charge in [0.15, 0.2) is 0 Å². The molecule has 4 atom stereocenters. The lowest BCUT2D eigenvalue weighted by molar-refractivity contribution is -0.0199. The van der Waals surface area contributed by atoms with Crippen molar-refractivity contribution in [3.05, 3.63) is 83.1 Å². The van der Waals surface area contributed by atoms with Crippen molar-refractivity contribution in [3.8, 4) is 17.3 Å². The molecule has 8 nitrogen and oxygen atoms in total. The SMILES string of the molecule is C[C@H]1C[C@@H](c2ccncc2Cc2ncc3ccc(-c4c(F)cc(CCO)cc4F)nn23)C[C@@H](N)[C@H]1OCCC#N. The number of nitrogens with two attached hydrogens (primary N) is 1. The van der Waals surface area contributed by atoms with Crippen molar-refractivity contribution in [2.75, 3.05) is 13.2 Å². The third kappa shape index (κ3) is 5.72. The summed E-state index contributed by atoms with van der Waals surface area (Å²) in [4.78, 5) is 8.92. The number of ether oxygens (including phenoxy) is 1. The fourth-order valence-electron chi connectivity index (χ4n) is 5.83. The van der Waals surface area contributed by atoms with Gasteiger partial charge in [0.25, 0.3) is 0 Å². The van der Waals surface area contributed by atoms with Gasteiger partial charge in [0, 0.05) is 31.5 Å². The minimum atomic E-state index is -0.732. The van der Waals surface area contributed by atoms with Gasteiger partial charge in [-0.05, 0) is 78.1 Å². The van der Waals surface area contributed by atoms with E-state index in [0.29, 0.717) is 36.4 Å². The summed E-state index contributed by atoms with van der Waals surface area (Å²) >= 11 is 0. The van der Waals surface area contributed by atoms with Gasteiger partial charge >= 0.3 is 0 Å². The highest BCUT2D eigenvalue weighted by atomic mass is 19.1. The summed E-state index contributed by atoms with van der Waals surface area (Å²) in [6.07, 6.45) is 7.76. The number of nitriles is 1. The smallest absolute Gasteiger partial charge is 0.135 e. The second kappa shape index (κ2) is 12.2. The van der Waals surface area contributed by atoms with E-state index in [1.807, 2.05) is 12.3 Å². The summed E-state index contributed by atoms with van der Waals surface area (Å²) in [5.74, 6) is -0.421. The van der Waals surface area contributed by atoms with Crippen LogP contribution in [0, 0.1) is 28.9 Å². The van der Waals surface area contributed by atoms with Crippen LogP contribution in [0.1, 0.15) is 54.6 Å². The molecular weight excluding hydrogens is 514 g/mol. The van der Waals surface area contributed by atoms with Crippen LogP contribution in [0.25, 0.3) is 16.8 Å². The largest absolute Gasteiger partial charge is 0.396 e. The molecule has 0 bridgehead atoms. The second-order valence-corrected chi connectivity index (χ2v) is 10.4. The second-order valence-electron chi connectivity index (χ2n) is 10.4. The Bertz CT molecular complexity index is 1500. The lowest BCUT2D eigenvalue weighted by Crippen LogP contribution is -2.46. The van der Waals surface area contributed by atoms with E-state index in [-0.39, 0.29) is 48.3 Å². The van der Waals surface area contributed by atoms with Gasteiger partial charge in [0.2, 0.25) is 0 Å². The van der Waals surface area contributed by atoms with Crippen molar-refractivity contribution < 1.29 is 18.6 Å². The molecule has 1 aromatic carbocycles. The molecule has 208 valence electrons. The first-order valence-corrected chi connectivity index (χ1v) is 13.5. The highest BCUT2D eigenvalue weighted by Gasteiger charge is 2.35. The summed E-state index contributed by atoms with van der Waals surface area (Å²) in [6.45, 7) is 2.32. The molecule has 1 aliphatic carbocycles. The average Bonchev–Trinajstić information content (AvgIpc) is 3.32. The zero-order chi connectivity index (χ0) is 28.2. The molecule has 1 aliphatic rings. The van der Waals surface area contributed by atoms with Crippen LogP contribution < -0.4 is 5.73 Å². The predicted molar refractivity (Wildman–Crippen MR) is 145 cm³/mol. The third-order valence-electron chi connectivity index (χ3n) is 7.66. The molecule has 40 heavy (non-hydrogen) atoms. The lowest BCUT2D eigenvalue weighted by atomic mass is 9.73. The number of halogens is 2. The van der Waals surface area contributed by atoms with E-state index in [1.54, 1.807) is 29.0 Å². The maximum atomic E-state index is 14.9. The van der Waals surface area contributed by atoms with Crippen molar-refractivity contribution >= 4 is 5.52 Å². The third-order valence-corrected chi connectivity index (χ3v) is 7.66. The van der Waals surface area contributed by atoms with E-state index in [2.05, 4.69) is 28.1 Å². The quantitative estimate of drug-likeness (QED) is 0.300. The fraction of sp³-hybridized carbons (Fsp3) is 0.400. The summed E-state index contributed by atoms with van der Waals surface area (Å²) in [5, 5.41) is 22.5. The number of aliphatic hydroxyl groups excluding tert-OH is 1. The van der Waals surface area contributed by atoms with Crippen molar-refractivity contribution in [2.24, 2.45) is 11.7 Å². The topological polar surface area (TPSA) is 122 Å². The lowest BCUT2D eigenvalue weighted by Gasteiger charge is -2.39. The maximum Gasteiger partial charge on any atom is 0.135 e. The molecule has 10 heteroatoms. The van der Waals surface area contributed by atoms with Gasteiger partial charge < -0.3 is 15.6 Å². The zero-order valence-corrected chi connectivity index (χ0v) is 22.3. The molecule has 0 aliphatic heterocycles. The molecule has 0 radical (unpaired) electrons. The minimum Gasteiger partial charge on any atom is -0.396 e. The van der Waals surface area contributed by atoms with Gasteiger partial charge in [-0.2, -0.15) is 10.4 Å². The Morgan fingerprint density at radius 2 is 1.98 bits per heavy atom. The first-order valence-electron chi connectivity index (χ1n) is 13.5. The summed E-state index contributed by atoms with van der Waals surface area (Å²) in [5.41, 5.74) is 9.68. The number of hydrogen-bond donors (Lipinski definition) is 2. The van der Waals surface area contributed by atoms with E-state index in [1.165, 1.54) is 12.1 Å². The fourth-order valence-corrected chi connectivity index (χ4v) is 5.83. The highest BCUT2D eigenvalue weighted by molar-refractivity contribution is 5.63. The van der Waals surface area contributed by atoms with Gasteiger partial charge in [-0.1, -0.05) is 6.92 Å². The molecule has 1 fully saturated rings. The van der Waals surface area contributed by atoms with Gasteiger partial charge in [-0.3, -0.25) is 4.98 Å². The Hall–Kier alpha value is -3.78. The first-order chi connectivity index (χ1) is 19.4. The highest BCUT2D eigenvalue weighted by Crippen LogP contribution is 2.38. The number of aliphatic hydroxyl groups is 1. The monoisotopic (exact) mass is 546 g/mol. The Kier molecular flexibility index (Phi) is 8.45. The molecule has 0 amide bonds. The van der Waals surface area contributed by atoms with Crippen molar-refractivity contribution in [1.29, 1.82) is 5.26 Å². The van der Waals surface area contributed by atoms with Crippen LogP contribution in [0.4, 0.5) is 8.78 Å². The van der Waals surface area contributed by atoms with E-state index in [9.17, 15) is 8.78 Å². The molecule has 0 saturated heterocycles. The van der Waals surface area contributed by atoms with E-state index in [4.69, 9.17) is 20.8 Å². The minimum absolute atomic E-state index is 0.0905. The normalized spacial score (nSPS) is 21.0. The first kappa shape index (κ1) is 27.8. The van der Waals surface area contributed by atoms with Gasteiger partial charge in [0.05, 0.1) is 48.2 Å². The molecule has 3 aromatic heterocycles. The number of pyridine rings is 1. The molecule has 5 rings (SSSR count). The number of imidazole rings is 1. The van der Waals surface area contributed by atoms with Crippen molar-refractivity contribution in [3.63, 3.8) is 0 Å². The summed E-state index contributed by atoms with van der Waals surface area (Å²) < 4.78 is 37.3. The average molecular weight is 547 g/mol. The number of rotatable bonds is 9. The predicted octanol–water partition coefficient (Wildman–Crippen LogP) is 4.33. The van der Waals surface area contributed by atoms with E-state index < -0.39 is 11.6 Å². The molecule has 0 unspecified atom stereocenters. The Morgan fingerprint density at radius 3 is 2.70 bits per heavy atom. The van der Waals surface area contributed by atoms with Crippen LogP contribution >= 0.6 is 0 Å². The van der Waals surface area contributed by atoms with E-state index >= 15 is 0 Å². The van der Waals surface area contributed by atoms with Crippen LogP contribution in [0.15, 0.2) is 48.9 Å². The van der Waals surface area contributed by atoms with E-state index in [0.717, 1.165) is 24.0 Å². The van der Waals surface area contributed by atoms with Gasteiger partial charge in [-0.15, -0.1) is 0 Å². The van der Waals surface area contributed by atoms with Crippen LogP contribution in [0.2, 0.25) is 0 Å². The summed E-state index contributed by atoms with van der Waals surface area (Å²) in [7, 11) is 0. The Morgan fingerprint density at radius 1 is 1.18 bits per heavy atom. The molecule has 1 saturated carbocycles. The molecule has 3 N–H and O–H groups in total. The van der Waals surface area contributed by atoms with Crippen LogP contribution in [0.3, 0.4) is 0 Å². The number of aromatic nitrogens is 4. The molecule has 0 spiro atoms. The number of benzene rings is 1.